The summed E-state index contributed by atoms with van der Waals surface area (Å²) < 4.78 is 4.96. The summed E-state index contributed by atoms with van der Waals surface area (Å²) in [5.41, 5.74) is 1.88. The standard InChI is InChI=1S/C15H15N3O3/c1-9(8-16)21-15(20)10-4-5-12-11(7-10)17-14(19)13-3-2-6-18(12)13/h4-5,7,9,13H,2-3,6H2,1H3,(H,17,19)/t9-,13-/m1/s1. The number of nitrogens with zero attached hydrogens (tertiary/aromatic N) is 2. The second-order valence-electron chi connectivity index (χ2n) is 5.25. The van der Waals surface area contributed by atoms with E-state index in [1.165, 1.54) is 6.92 Å². The van der Waals surface area contributed by atoms with Gasteiger partial charge in [-0.3, -0.25) is 4.79 Å². The van der Waals surface area contributed by atoms with E-state index in [2.05, 4.69) is 10.2 Å². The number of amides is 1. The van der Waals surface area contributed by atoms with Crippen LogP contribution in [0.1, 0.15) is 30.1 Å². The number of ether oxygens (including phenoxy) is 1. The van der Waals surface area contributed by atoms with Gasteiger partial charge < -0.3 is 15.0 Å². The minimum atomic E-state index is -0.800. The largest absolute Gasteiger partial charge is 0.444 e. The zero-order chi connectivity index (χ0) is 15.0. The lowest BCUT2D eigenvalue weighted by molar-refractivity contribution is -0.117. The fourth-order valence-electron chi connectivity index (χ4n) is 2.81. The first-order valence-electron chi connectivity index (χ1n) is 6.92. The molecule has 0 spiro atoms. The molecule has 1 aromatic carbocycles. The maximum atomic E-state index is 12.0. The molecule has 2 aliphatic rings. The number of hydrogen-bond donors (Lipinski definition) is 1. The van der Waals surface area contributed by atoms with E-state index < -0.39 is 12.1 Å². The number of fused-ring (bicyclic) bond motifs is 3. The Labute approximate surface area is 122 Å². The van der Waals surface area contributed by atoms with Gasteiger partial charge in [-0.1, -0.05) is 0 Å². The van der Waals surface area contributed by atoms with Crippen LogP contribution in [0.4, 0.5) is 11.4 Å². The van der Waals surface area contributed by atoms with E-state index in [1.54, 1.807) is 12.1 Å². The Kier molecular flexibility index (Phi) is 3.26. The van der Waals surface area contributed by atoms with Crippen molar-refractivity contribution >= 4 is 23.3 Å². The highest BCUT2D eigenvalue weighted by molar-refractivity contribution is 6.05. The lowest BCUT2D eigenvalue weighted by Gasteiger charge is -2.33. The predicted octanol–water partition coefficient (Wildman–Crippen LogP) is 1.68. The van der Waals surface area contributed by atoms with Gasteiger partial charge in [-0.2, -0.15) is 5.26 Å². The van der Waals surface area contributed by atoms with Gasteiger partial charge in [0.15, 0.2) is 6.10 Å². The monoisotopic (exact) mass is 285 g/mol. The van der Waals surface area contributed by atoms with E-state index in [0.29, 0.717) is 11.3 Å². The minimum absolute atomic E-state index is 0.0316. The summed E-state index contributed by atoms with van der Waals surface area (Å²) >= 11 is 0. The quantitative estimate of drug-likeness (QED) is 0.836. The second-order valence-corrected chi connectivity index (χ2v) is 5.25. The van der Waals surface area contributed by atoms with E-state index in [-0.39, 0.29) is 11.9 Å². The lowest BCUT2D eigenvalue weighted by Crippen LogP contribution is -2.43. The molecule has 6 nitrogen and oxygen atoms in total. The van der Waals surface area contributed by atoms with Crippen LogP contribution < -0.4 is 10.2 Å². The summed E-state index contributed by atoms with van der Waals surface area (Å²) in [5, 5.41) is 11.5. The molecule has 1 N–H and O–H groups in total. The summed E-state index contributed by atoms with van der Waals surface area (Å²) in [5.74, 6) is -0.597. The van der Waals surface area contributed by atoms with Crippen molar-refractivity contribution in [1.82, 2.24) is 0 Å². The van der Waals surface area contributed by atoms with Crippen molar-refractivity contribution in [2.45, 2.75) is 31.9 Å². The van der Waals surface area contributed by atoms with Crippen molar-refractivity contribution < 1.29 is 14.3 Å². The number of carbonyl (C=O) groups excluding carboxylic acids is 2. The Bertz CT molecular complexity index is 650. The molecule has 0 radical (unpaired) electrons. The van der Waals surface area contributed by atoms with E-state index in [9.17, 15) is 9.59 Å². The van der Waals surface area contributed by atoms with Gasteiger partial charge in [0.05, 0.1) is 16.9 Å². The van der Waals surface area contributed by atoms with E-state index in [4.69, 9.17) is 10.00 Å². The molecule has 1 saturated heterocycles. The topological polar surface area (TPSA) is 82.4 Å². The van der Waals surface area contributed by atoms with Crippen molar-refractivity contribution in [3.05, 3.63) is 23.8 Å². The second kappa shape index (κ2) is 5.09. The predicted molar refractivity (Wildman–Crippen MR) is 75.9 cm³/mol. The molecule has 0 aliphatic carbocycles. The van der Waals surface area contributed by atoms with Crippen molar-refractivity contribution in [1.29, 1.82) is 5.26 Å². The third-order valence-corrected chi connectivity index (χ3v) is 3.82. The Hall–Kier alpha value is -2.55. The zero-order valence-electron chi connectivity index (χ0n) is 11.6. The normalized spacial score (nSPS) is 20.9. The summed E-state index contributed by atoms with van der Waals surface area (Å²) in [7, 11) is 0. The van der Waals surface area contributed by atoms with Crippen LogP contribution in [0.25, 0.3) is 0 Å². The molecular weight excluding hydrogens is 270 g/mol. The van der Waals surface area contributed by atoms with Crippen molar-refractivity contribution in [3.63, 3.8) is 0 Å². The Morgan fingerprint density at radius 3 is 3.14 bits per heavy atom. The number of nitriles is 1. The Morgan fingerprint density at radius 2 is 2.38 bits per heavy atom. The van der Waals surface area contributed by atoms with Crippen molar-refractivity contribution in [2.75, 3.05) is 16.8 Å². The summed E-state index contributed by atoms with van der Waals surface area (Å²) in [6, 6.07) is 6.83. The summed E-state index contributed by atoms with van der Waals surface area (Å²) in [6.45, 7) is 2.35. The molecule has 108 valence electrons. The first-order chi connectivity index (χ1) is 10.1. The lowest BCUT2D eigenvalue weighted by atomic mass is 10.1. The van der Waals surface area contributed by atoms with Crippen LogP contribution >= 0.6 is 0 Å². The number of nitrogens with one attached hydrogen (secondary N) is 1. The average Bonchev–Trinajstić information content (AvgIpc) is 2.96. The molecular formula is C15H15N3O3. The van der Waals surface area contributed by atoms with Gasteiger partial charge in [0.2, 0.25) is 5.91 Å². The molecule has 3 rings (SSSR count). The van der Waals surface area contributed by atoms with Gasteiger partial charge in [-0.25, -0.2) is 4.79 Å². The highest BCUT2D eigenvalue weighted by atomic mass is 16.5. The molecule has 0 saturated carbocycles. The van der Waals surface area contributed by atoms with Crippen molar-refractivity contribution in [2.24, 2.45) is 0 Å². The third kappa shape index (κ3) is 2.31. The Balaban J connectivity index is 1.89. The molecule has 0 bridgehead atoms. The number of hydrogen-bond acceptors (Lipinski definition) is 5. The molecule has 1 aromatic rings. The maximum absolute atomic E-state index is 12.0. The average molecular weight is 285 g/mol. The maximum Gasteiger partial charge on any atom is 0.339 e. The van der Waals surface area contributed by atoms with Gasteiger partial charge in [-0.05, 0) is 38.0 Å². The van der Waals surface area contributed by atoms with Crippen LogP contribution in [0.15, 0.2) is 18.2 Å². The third-order valence-electron chi connectivity index (χ3n) is 3.82. The van der Waals surface area contributed by atoms with Gasteiger partial charge >= 0.3 is 5.97 Å². The van der Waals surface area contributed by atoms with Crippen molar-refractivity contribution in [3.8, 4) is 6.07 Å². The number of carbonyl (C=O) groups is 2. The molecule has 21 heavy (non-hydrogen) atoms. The fraction of sp³-hybridized carbons (Fsp3) is 0.400. The van der Waals surface area contributed by atoms with E-state index >= 15 is 0 Å². The number of esters is 1. The van der Waals surface area contributed by atoms with Crippen LogP contribution in [0.2, 0.25) is 0 Å². The molecule has 0 unspecified atom stereocenters. The van der Waals surface area contributed by atoms with Crippen LogP contribution in [-0.4, -0.2) is 30.6 Å². The summed E-state index contributed by atoms with van der Waals surface area (Å²) in [4.78, 5) is 26.0. The smallest absolute Gasteiger partial charge is 0.339 e. The van der Waals surface area contributed by atoms with Gasteiger partial charge in [0, 0.05) is 6.54 Å². The summed E-state index contributed by atoms with van der Waals surface area (Å²) in [6.07, 6.45) is 1.04. The molecule has 0 aromatic heterocycles. The van der Waals surface area contributed by atoms with Gasteiger partial charge in [0.25, 0.3) is 0 Å². The number of anilines is 2. The first-order valence-corrected chi connectivity index (χ1v) is 6.92. The SMILES string of the molecule is C[C@H](C#N)OC(=O)c1ccc2c(c1)NC(=O)[C@H]1CCCN21. The van der Waals surface area contributed by atoms with E-state index in [0.717, 1.165) is 25.1 Å². The molecule has 2 atom stereocenters. The van der Waals surface area contributed by atoms with E-state index in [1.807, 2.05) is 12.1 Å². The van der Waals surface area contributed by atoms with Crippen LogP contribution in [0.3, 0.4) is 0 Å². The number of benzene rings is 1. The molecule has 1 fully saturated rings. The molecule has 6 heteroatoms. The molecule has 2 aliphatic heterocycles. The molecule has 2 heterocycles. The highest BCUT2D eigenvalue weighted by Gasteiger charge is 2.36. The minimum Gasteiger partial charge on any atom is -0.444 e. The zero-order valence-corrected chi connectivity index (χ0v) is 11.6. The van der Waals surface area contributed by atoms with Gasteiger partial charge in [-0.15, -0.1) is 0 Å². The van der Waals surface area contributed by atoms with Gasteiger partial charge in [0.1, 0.15) is 12.1 Å². The first kappa shape index (κ1) is 13.4. The van der Waals surface area contributed by atoms with Crippen LogP contribution in [0, 0.1) is 11.3 Å². The number of rotatable bonds is 2. The van der Waals surface area contributed by atoms with Crippen LogP contribution in [0.5, 0.6) is 0 Å². The molecule has 1 amide bonds. The van der Waals surface area contributed by atoms with Crippen LogP contribution in [-0.2, 0) is 9.53 Å². The highest BCUT2D eigenvalue weighted by Crippen LogP contribution is 2.37. The Morgan fingerprint density at radius 1 is 1.57 bits per heavy atom. The fourth-order valence-corrected chi connectivity index (χ4v) is 2.81.